The molecule has 2 rings (SSSR count). The second-order valence-electron chi connectivity index (χ2n) is 4.00. The van der Waals surface area contributed by atoms with Crippen LogP contribution in [-0.4, -0.2) is 44.3 Å². The molecule has 1 aromatic rings. The van der Waals surface area contributed by atoms with Crippen LogP contribution < -0.4 is 5.32 Å². The summed E-state index contributed by atoms with van der Waals surface area (Å²) >= 11 is 1.82. The van der Waals surface area contributed by atoms with Gasteiger partial charge in [0.15, 0.2) is 0 Å². The lowest BCUT2D eigenvalue weighted by Gasteiger charge is -2.27. The minimum absolute atomic E-state index is 0.490. The molecule has 2 heterocycles. The summed E-state index contributed by atoms with van der Waals surface area (Å²) in [5.74, 6) is 0. The highest BCUT2D eigenvalue weighted by atomic mass is 32.1. The van der Waals surface area contributed by atoms with Crippen molar-refractivity contribution in [2.75, 3.05) is 33.4 Å². The number of likely N-dealkylation sites (N-methyl/N-ethyl adjacent to an activating group) is 1. The van der Waals surface area contributed by atoms with Crippen molar-refractivity contribution in [3.63, 3.8) is 0 Å². The Morgan fingerprint density at radius 1 is 1.67 bits per heavy atom. The van der Waals surface area contributed by atoms with Crippen LogP contribution in [0.3, 0.4) is 0 Å². The predicted molar refractivity (Wildman–Crippen MR) is 63.3 cm³/mol. The molecule has 0 aliphatic carbocycles. The van der Waals surface area contributed by atoms with Crippen LogP contribution in [0, 0.1) is 0 Å². The number of nitrogens with zero attached hydrogens (tertiary/aromatic N) is 1. The van der Waals surface area contributed by atoms with Crippen molar-refractivity contribution in [2.24, 2.45) is 0 Å². The minimum atomic E-state index is 0.490. The van der Waals surface area contributed by atoms with Crippen LogP contribution in [0.4, 0.5) is 0 Å². The lowest BCUT2D eigenvalue weighted by molar-refractivity contribution is 0.0646. The van der Waals surface area contributed by atoms with E-state index in [1.54, 1.807) is 0 Å². The number of rotatable bonds is 4. The van der Waals surface area contributed by atoms with Crippen LogP contribution in [0.2, 0.25) is 0 Å². The van der Waals surface area contributed by atoms with Crippen molar-refractivity contribution in [1.29, 1.82) is 0 Å². The molecule has 0 spiro atoms. The molecule has 1 aliphatic rings. The van der Waals surface area contributed by atoms with Crippen molar-refractivity contribution in [2.45, 2.75) is 12.6 Å². The fourth-order valence-electron chi connectivity index (χ4n) is 1.85. The average molecular weight is 226 g/mol. The molecular weight excluding hydrogens is 208 g/mol. The molecular formula is C11H18N2OS. The number of nitrogens with one attached hydrogen (secondary N) is 1. The third-order valence-corrected chi connectivity index (χ3v) is 3.40. The van der Waals surface area contributed by atoms with Crippen molar-refractivity contribution in [3.8, 4) is 0 Å². The SMILES string of the molecule is CN(Cc1cccs1)CC1COCCN1. The molecule has 15 heavy (non-hydrogen) atoms. The highest BCUT2D eigenvalue weighted by Crippen LogP contribution is 2.11. The monoisotopic (exact) mass is 226 g/mol. The fourth-order valence-corrected chi connectivity index (χ4v) is 2.63. The zero-order valence-corrected chi connectivity index (χ0v) is 9.93. The quantitative estimate of drug-likeness (QED) is 0.834. The van der Waals surface area contributed by atoms with Gasteiger partial charge in [-0.2, -0.15) is 0 Å². The number of thiophene rings is 1. The highest BCUT2D eigenvalue weighted by Gasteiger charge is 2.14. The van der Waals surface area contributed by atoms with E-state index in [4.69, 9.17) is 4.74 Å². The van der Waals surface area contributed by atoms with Gasteiger partial charge in [-0.1, -0.05) is 6.07 Å². The van der Waals surface area contributed by atoms with E-state index in [9.17, 15) is 0 Å². The van der Waals surface area contributed by atoms with Gasteiger partial charge >= 0.3 is 0 Å². The molecule has 4 heteroatoms. The normalized spacial score (nSPS) is 22.1. The Balaban J connectivity index is 1.74. The van der Waals surface area contributed by atoms with Gasteiger partial charge < -0.3 is 10.1 Å². The van der Waals surface area contributed by atoms with Gasteiger partial charge in [0.1, 0.15) is 0 Å². The first-order valence-electron chi connectivity index (χ1n) is 5.36. The number of morpholine rings is 1. The Hall–Kier alpha value is -0.420. The Bertz CT molecular complexity index is 270. The molecule has 1 atom stereocenters. The molecule has 1 aliphatic heterocycles. The van der Waals surface area contributed by atoms with Crippen LogP contribution in [0.15, 0.2) is 17.5 Å². The predicted octanol–water partition coefficient (Wildman–Crippen LogP) is 1.17. The first-order valence-corrected chi connectivity index (χ1v) is 6.24. The van der Waals surface area contributed by atoms with E-state index in [0.717, 1.165) is 32.8 Å². The van der Waals surface area contributed by atoms with E-state index < -0.39 is 0 Å². The zero-order valence-electron chi connectivity index (χ0n) is 9.11. The molecule has 0 aromatic carbocycles. The van der Waals surface area contributed by atoms with Gasteiger partial charge in [0.05, 0.1) is 13.2 Å². The Kier molecular flexibility index (Phi) is 4.14. The third-order valence-electron chi connectivity index (χ3n) is 2.54. The van der Waals surface area contributed by atoms with Crippen LogP contribution in [0.1, 0.15) is 4.88 Å². The number of hydrogen-bond donors (Lipinski definition) is 1. The average Bonchev–Trinajstić information content (AvgIpc) is 2.71. The summed E-state index contributed by atoms with van der Waals surface area (Å²) in [5, 5.41) is 5.60. The van der Waals surface area contributed by atoms with Crippen LogP contribution in [0.25, 0.3) is 0 Å². The Morgan fingerprint density at radius 2 is 2.60 bits per heavy atom. The van der Waals surface area contributed by atoms with Crippen LogP contribution in [0.5, 0.6) is 0 Å². The van der Waals surface area contributed by atoms with Gasteiger partial charge in [-0.3, -0.25) is 4.90 Å². The highest BCUT2D eigenvalue weighted by molar-refractivity contribution is 7.09. The van der Waals surface area contributed by atoms with Gasteiger partial charge in [0, 0.05) is 30.6 Å². The molecule has 1 saturated heterocycles. The largest absolute Gasteiger partial charge is 0.378 e. The Morgan fingerprint density at radius 3 is 3.27 bits per heavy atom. The zero-order chi connectivity index (χ0) is 10.5. The minimum Gasteiger partial charge on any atom is -0.378 e. The summed E-state index contributed by atoms with van der Waals surface area (Å²) in [6.07, 6.45) is 0. The van der Waals surface area contributed by atoms with Crippen LogP contribution in [-0.2, 0) is 11.3 Å². The molecule has 1 fully saturated rings. The van der Waals surface area contributed by atoms with Gasteiger partial charge in [-0.25, -0.2) is 0 Å². The summed E-state index contributed by atoms with van der Waals surface area (Å²) < 4.78 is 5.43. The van der Waals surface area contributed by atoms with E-state index in [1.165, 1.54) is 4.88 Å². The molecule has 0 saturated carbocycles. The standard InChI is InChI=1S/C11H18N2OS/c1-13(8-11-3-2-6-15-11)7-10-9-14-5-4-12-10/h2-3,6,10,12H,4-5,7-9H2,1H3. The summed E-state index contributed by atoms with van der Waals surface area (Å²) in [7, 11) is 2.16. The topological polar surface area (TPSA) is 24.5 Å². The Labute approximate surface area is 95.0 Å². The molecule has 1 aromatic heterocycles. The van der Waals surface area contributed by atoms with Gasteiger partial charge in [-0.15, -0.1) is 11.3 Å². The lowest BCUT2D eigenvalue weighted by Crippen LogP contribution is -2.47. The van der Waals surface area contributed by atoms with Gasteiger partial charge in [0.2, 0.25) is 0 Å². The maximum atomic E-state index is 5.43. The molecule has 3 nitrogen and oxygen atoms in total. The van der Waals surface area contributed by atoms with Crippen molar-refractivity contribution in [1.82, 2.24) is 10.2 Å². The molecule has 0 amide bonds. The van der Waals surface area contributed by atoms with E-state index in [0.29, 0.717) is 6.04 Å². The maximum absolute atomic E-state index is 5.43. The smallest absolute Gasteiger partial charge is 0.0632 e. The molecule has 1 N–H and O–H groups in total. The lowest BCUT2D eigenvalue weighted by atomic mass is 10.2. The van der Waals surface area contributed by atoms with E-state index in [2.05, 4.69) is 34.8 Å². The van der Waals surface area contributed by atoms with Gasteiger partial charge in [-0.05, 0) is 18.5 Å². The molecule has 1 unspecified atom stereocenters. The van der Waals surface area contributed by atoms with Crippen molar-refractivity contribution < 1.29 is 4.74 Å². The summed E-state index contributed by atoms with van der Waals surface area (Å²) in [6.45, 7) is 4.77. The maximum Gasteiger partial charge on any atom is 0.0632 e. The van der Waals surface area contributed by atoms with Crippen LogP contribution >= 0.6 is 11.3 Å². The molecule has 0 bridgehead atoms. The first-order chi connectivity index (χ1) is 7.34. The number of ether oxygens (including phenoxy) is 1. The number of hydrogen-bond acceptors (Lipinski definition) is 4. The molecule has 84 valence electrons. The molecule has 0 radical (unpaired) electrons. The van der Waals surface area contributed by atoms with Crippen molar-refractivity contribution >= 4 is 11.3 Å². The summed E-state index contributed by atoms with van der Waals surface area (Å²) in [4.78, 5) is 3.77. The first kappa shape index (κ1) is 11.1. The second-order valence-corrected chi connectivity index (χ2v) is 5.03. The van der Waals surface area contributed by atoms with E-state index in [1.807, 2.05) is 11.3 Å². The summed E-state index contributed by atoms with van der Waals surface area (Å²) in [5.41, 5.74) is 0. The van der Waals surface area contributed by atoms with Crippen molar-refractivity contribution in [3.05, 3.63) is 22.4 Å². The van der Waals surface area contributed by atoms with E-state index >= 15 is 0 Å². The van der Waals surface area contributed by atoms with Gasteiger partial charge in [0.25, 0.3) is 0 Å². The summed E-state index contributed by atoms with van der Waals surface area (Å²) in [6, 6.07) is 4.78. The fraction of sp³-hybridized carbons (Fsp3) is 0.636. The third kappa shape index (κ3) is 3.57. The van der Waals surface area contributed by atoms with E-state index in [-0.39, 0.29) is 0 Å². The second kappa shape index (κ2) is 5.61.